The molecule has 1 aliphatic rings. The van der Waals surface area contributed by atoms with Gasteiger partial charge < -0.3 is 22.1 Å². The van der Waals surface area contributed by atoms with Gasteiger partial charge in [0.15, 0.2) is 0 Å². The third-order valence-electron chi connectivity index (χ3n) is 5.00. The van der Waals surface area contributed by atoms with E-state index in [9.17, 15) is 9.18 Å². The summed E-state index contributed by atoms with van der Waals surface area (Å²) in [5, 5.41) is 14.4. The van der Waals surface area contributed by atoms with Gasteiger partial charge >= 0.3 is 0 Å². The van der Waals surface area contributed by atoms with Gasteiger partial charge in [0, 0.05) is 17.9 Å². The van der Waals surface area contributed by atoms with Crippen molar-refractivity contribution in [1.82, 2.24) is 25.0 Å². The molecule has 1 aliphatic carbocycles. The monoisotopic (exact) mass is 411 g/mol. The van der Waals surface area contributed by atoms with Crippen LogP contribution in [0.3, 0.4) is 0 Å². The van der Waals surface area contributed by atoms with Crippen LogP contribution < -0.4 is 22.1 Å². The summed E-state index contributed by atoms with van der Waals surface area (Å²) >= 11 is 0. The number of nitrogens with one attached hydrogen (secondary N) is 2. The van der Waals surface area contributed by atoms with Crippen molar-refractivity contribution >= 4 is 23.4 Å². The predicted octanol–water partition coefficient (Wildman–Crippen LogP) is 1.53. The highest BCUT2D eigenvalue weighted by molar-refractivity contribution is 5.98. The predicted molar refractivity (Wildman–Crippen MR) is 109 cm³/mol. The highest BCUT2D eigenvalue weighted by atomic mass is 19.1. The van der Waals surface area contributed by atoms with Crippen LogP contribution in [0, 0.1) is 0 Å². The molecular formula is C19H22FN9O. The van der Waals surface area contributed by atoms with Crippen LogP contribution in [0.4, 0.5) is 21.8 Å². The third kappa shape index (κ3) is 4.20. The van der Waals surface area contributed by atoms with Crippen LogP contribution in [0.5, 0.6) is 0 Å². The van der Waals surface area contributed by atoms with Crippen LogP contribution in [-0.4, -0.2) is 49.1 Å². The maximum atomic E-state index is 13.9. The van der Waals surface area contributed by atoms with E-state index in [4.69, 9.17) is 11.5 Å². The lowest BCUT2D eigenvalue weighted by Gasteiger charge is -2.32. The number of primary amides is 1. The van der Waals surface area contributed by atoms with Crippen molar-refractivity contribution in [1.29, 1.82) is 0 Å². The number of anilines is 3. The van der Waals surface area contributed by atoms with Crippen molar-refractivity contribution in [2.24, 2.45) is 11.5 Å². The maximum absolute atomic E-state index is 13.9. The first-order valence-corrected chi connectivity index (χ1v) is 9.58. The molecule has 156 valence electrons. The van der Waals surface area contributed by atoms with Gasteiger partial charge in [-0.2, -0.15) is 20.0 Å². The van der Waals surface area contributed by atoms with Crippen molar-refractivity contribution in [2.75, 3.05) is 10.6 Å². The molecule has 1 aromatic carbocycles. The lowest BCUT2D eigenvalue weighted by molar-refractivity contribution is 0.100. The van der Waals surface area contributed by atoms with Gasteiger partial charge in [0.05, 0.1) is 24.1 Å². The Morgan fingerprint density at radius 1 is 1.23 bits per heavy atom. The van der Waals surface area contributed by atoms with Gasteiger partial charge in [-0.15, -0.1) is 0 Å². The summed E-state index contributed by atoms with van der Waals surface area (Å²) in [5.41, 5.74) is 12.9. The SMILES string of the molecule is NC(=O)c1cnc(N[C@@H]2CCC[C@H](F)[C@@H]2N)nc1Nc1cccc(-n2nccn2)c1. The van der Waals surface area contributed by atoms with Crippen molar-refractivity contribution in [3.8, 4) is 5.69 Å². The topological polar surface area (TPSA) is 150 Å². The number of carbonyl (C=O) groups is 1. The molecule has 2 heterocycles. The molecule has 0 radical (unpaired) electrons. The van der Waals surface area contributed by atoms with E-state index >= 15 is 0 Å². The minimum Gasteiger partial charge on any atom is -0.365 e. The number of hydrogen-bond donors (Lipinski definition) is 4. The van der Waals surface area contributed by atoms with Crippen molar-refractivity contribution < 1.29 is 9.18 Å². The van der Waals surface area contributed by atoms with Crippen molar-refractivity contribution in [3.05, 3.63) is 48.4 Å². The summed E-state index contributed by atoms with van der Waals surface area (Å²) in [6.45, 7) is 0. The van der Waals surface area contributed by atoms with Crippen LogP contribution in [0.2, 0.25) is 0 Å². The quantitative estimate of drug-likeness (QED) is 0.477. The van der Waals surface area contributed by atoms with Gasteiger partial charge in [-0.05, 0) is 37.5 Å². The minimum absolute atomic E-state index is 0.125. The molecule has 6 N–H and O–H groups in total. The number of carbonyl (C=O) groups excluding carboxylic acids is 1. The van der Waals surface area contributed by atoms with Gasteiger partial charge in [-0.3, -0.25) is 4.79 Å². The number of benzene rings is 1. The van der Waals surface area contributed by atoms with Crippen LogP contribution in [0.15, 0.2) is 42.9 Å². The minimum atomic E-state index is -1.07. The lowest BCUT2D eigenvalue weighted by atomic mass is 9.89. The number of nitrogens with two attached hydrogens (primary N) is 2. The summed E-state index contributed by atoms with van der Waals surface area (Å²) in [4.78, 5) is 21.8. The first-order valence-electron chi connectivity index (χ1n) is 9.58. The van der Waals surface area contributed by atoms with Gasteiger partial charge in [0.2, 0.25) is 5.95 Å². The standard InChI is InChI=1S/C19H22FN9O/c20-14-5-2-6-15(16(14)21)27-19-23-10-13(17(22)30)18(28-19)26-11-3-1-4-12(9-11)29-24-7-8-25-29/h1,3-4,7-10,14-16H,2,5-6,21H2,(H2,22,30)(H2,23,26,27,28)/t14-,15+,16-/m0/s1. The molecule has 1 amide bonds. The van der Waals surface area contributed by atoms with E-state index in [-0.39, 0.29) is 23.4 Å². The molecule has 1 fully saturated rings. The Kier molecular flexibility index (Phi) is 5.53. The second-order valence-corrected chi connectivity index (χ2v) is 7.09. The highest BCUT2D eigenvalue weighted by Gasteiger charge is 2.31. The second-order valence-electron chi connectivity index (χ2n) is 7.09. The fraction of sp³-hybridized carbons (Fsp3) is 0.316. The van der Waals surface area contributed by atoms with E-state index in [0.717, 1.165) is 12.1 Å². The third-order valence-corrected chi connectivity index (χ3v) is 5.00. The molecule has 3 atom stereocenters. The number of alkyl halides is 1. The first-order chi connectivity index (χ1) is 14.5. The molecule has 0 unspecified atom stereocenters. The fourth-order valence-corrected chi connectivity index (χ4v) is 3.42. The zero-order chi connectivity index (χ0) is 21.1. The second kappa shape index (κ2) is 8.41. The lowest BCUT2D eigenvalue weighted by Crippen LogP contribution is -2.49. The molecule has 4 rings (SSSR count). The number of nitrogens with zero attached hydrogens (tertiary/aromatic N) is 5. The van der Waals surface area contributed by atoms with E-state index in [2.05, 4.69) is 30.8 Å². The molecule has 0 saturated heterocycles. The van der Waals surface area contributed by atoms with Gasteiger partial charge in [0.25, 0.3) is 5.91 Å². The molecule has 1 saturated carbocycles. The highest BCUT2D eigenvalue weighted by Crippen LogP contribution is 2.25. The average Bonchev–Trinajstić information content (AvgIpc) is 3.27. The van der Waals surface area contributed by atoms with Crippen molar-refractivity contribution in [2.45, 2.75) is 37.5 Å². The molecule has 0 bridgehead atoms. The van der Waals surface area contributed by atoms with Gasteiger partial charge in [0.1, 0.15) is 17.6 Å². The molecule has 10 nitrogen and oxygen atoms in total. The van der Waals surface area contributed by atoms with E-state index in [0.29, 0.717) is 18.5 Å². The van der Waals surface area contributed by atoms with Gasteiger partial charge in [-0.25, -0.2) is 9.37 Å². The van der Waals surface area contributed by atoms with Crippen LogP contribution in [-0.2, 0) is 0 Å². The van der Waals surface area contributed by atoms with Crippen LogP contribution >= 0.6 is 0 Å². The zero-order valence-electron chi connectivity index (χ0n) is 16.1. The average molecular weight is 411 g/mol. The molecule has 11 heteroatoms. The smallest absolute Gasteiger partial charge is 0.254 e. The Bertz CT molecular complexity index is 1030. The Morgan fingerprint density at radius 2 is 2.03 bits per heavy atom. The van der Waals surface area contributed by atoms with Gasteiger partial charge in [-0.1, -0.05) is 6.07 Å². The summed E-state index contributed by atoms with van der Waals surface area (Å²) in [5.74, 6) is -0.208. The van der Waals surface area contributed by atoms with E-state index in [1.807, 2.05) is 12.1 Å². The Hall–Kier alpha value is -3.60. The summed E-state index contributed by atoms with van der Waals surface area (Å²) in [6.07, 6.45) is 5.31. The number of rotatable bonds is 6. The number of aromatic nitrogens is 5. The van der Waals surface area contributed by atoms with Crippen molar-refractivity contribution in [3.63, 3.8) is 0 Å². The van der Waals surface area contributed by atoms with Crippen LogP contribution in [0.1, 0.15) is 29.6 Å². The van der Waals surface area contributed by atoms with E-state index in [1.54, 1.807) is 24.5 Å². The van der Waals surface area contributed by atoms with Crippen LogP contribution in [0.25, 0.3) is 5.69 Å². The molecule has 0 aliphatic heterocycles. The molecular weight excluding hydrogens is 389 g/mol. The fourth-order valence-electron chi connectivity index (χ4n) is 3.42. The molecule has 30 heavy (non-hydrogen) atoms. The number of halogens is 1. The van der Waals surface area contributed by atoms with E-state index in [1.165, 1.54) is 11.0 Å². The summed E-state index contributed by atoms with van der Waals surface area (Å²) in [7, 11) is 0. The first kappa shape index (κ1) is 19.7. The Morgan fingerprint density at radius 3 is 2.80 bits per heavy atom. The largest absolute Gasteiger partial charge is 0.365 e. The number of hydrogen-bond acceptors (Lipinski definition) is 8. The zero-order valence-corrected chi connectivity index (χ0v) is 16.1. The molecule has 2 aromatic heterocycles. The maximum Gasteiger partial charge on any atom is 0.254 e. The normalized spacial score (nSPS) is 21.2. The summed E-state index contributed by atoms with van der Waals surface area (Å²) in [6, 6.07) is 6.31. The Balaban J connectivity index is 1.59. The number of amides is 1. The molecule has 3 aromatic rings. The Labute approximate surface area is 171 Å². The molecule has 0 spiro atoms. The summed E-state index contributed by atoms with van der Waals surface area (Å²) < 4.78 is 13.9. The van der Waals surface area contributed by atoms with E-state index < -0.39 is 18.1 Å².